The average Bonchev–Trinajstić information content (AvgIpc) is 2.27. The van der Waals surface area contributed by atoms with E-state index in [0.29, 0.717) is 13.2 Å². The van der Waals surface area contributed by atoms with Gasteiger partial charge in [0.25, 0.3) is 0 Å². The van der Waals surface area contributed by atoms with Gasteiger partial charge in [-0.05, 0) is 33.9 Å². The fraction of sp³-hybridized carbons (Fsp3) is 0.571. The molecule has 3 nitrogen and oxygen atoms in total. The van der Waals surface area contributed by atoms with Crippen LogP contribution in [0, 0.1) is 6.92 Å². The average molecular weight is 237 g/mol. The quantitative estimate of drug-likeness (QED) is 0.739. The third kappa shape index (κ3) is 5.20. The summed E-state index contributed by atoms with van der Waals surface area (Å²) >= 11 is 0. The molecule has 0 saturated heterocycles. The minimum atomic E-state index is 0.258. The van der Waals surface area contributed by atoms with Crippen LogP contribution in [-0.4, -0.2) is 26.4 Å². The van der Waals surface area contributed by atoms with E-state index in [4.69, 9.17) is 9.47 Å². The Hall–Kier alpha value is -1.06. The number of hydrogen-bond donors (Lipinski definition) is 1. The van der Waals surface area contributed by atoms with Gasteiger partial charge >= 0.3 is 0 Å². The van der Waals surface area contributed by atoms with E-state index in [0.717, 1.165) is 12.3 Å². The van der Waals surface area contributed by atoms with Crippen molar-refractivity contribution in [3.63, 3.8) is 0 Å². The third-order valence-electron chi connectivity index (χ3n) is 2.38. The Morgan fingerprint density at radius 3 is 2.65 bits per heavy atom. The maximum atomic E-state index is 5.73. The largest absolute Gasteiger partial charge is 0.491 e. The molecule has 0 unspecified atom stereocenters. The van der Waals surface area contributed by atoms with Crippen molar-refractivity contribution in [2.75, 3.05) is 20.3 Å². The Morgan fingerprint density at radius 1 is 1.24 bits per heavy atom. The molecule has 0 radical (unpaired) electrons. The minimum absolute atomic E-state index is 0.258. The molecule has 17 heavy (non-hydrogen) atoms. The Labute approximate surface area is 104 Å². The molecule has 0 amide bonds. The molecule has 1 N–H and O–H groups in total. The van der Waals surface area contributed by atoms with Crippen LogP contribution >= 0.6 is 0 Å². The minimum Gasteiger partial charge on any atom is -0.491 e. The summed E-state index contributed by atoms with van der Waals surface area (Å²) in [6.07, 6.45) is 0.258. The van der Waals surface area contributed by atoms with Gasteiger partial charge in [0.15, 0.2) is 0 Å². The molecular weight excluding hydrogens is 214 g/mol. The van der Waals surface area contributed by atoms with Crippen molar-refractivity contribution < 1.29 is 9.47 Å². The maximum Gasteiger partial charge on any atom is 0.123 e. The van der Waals surface area contributed by atoms with Crippen molar-refractivity contribution in [1.29, 1.82) is 0 Å². The number of nitrogens with one attached hydrogen (secondary N) is 1. The second kappa shape index (κ2) is 7.30. The van der Waals surface area contributed by atoms with Crippen LogP contribution in [0.4, 0.5) is 0 Å². The number of rotatable bonds is 7. The molecule has 0 atom stereocenters. The second-order valence-electron chi connectivity index (χ2n) is 4.41. The molecular formula is C14H23NO2. The molecule has 0 saturated carbocycles. The second-order valence-corrected chi connectivity index (χ2v) is 4.41. The van der Waals surface area contributed by atoms with E-state index in [1.54, 1.807) is 0 Å². The highest BCUT2D eigenvalue weighted by atomic mass is 16.5. The zero-order chi connectivity index (χ0) is 12.7. The van der Waals surface area contributed by atoms with Crippen molar-refractivity contribution in [3.05, 3.63) is 29.3 Å². The van der Waals surface area contributed by atoms with Gasteiger partial charge in [0.05, 0.1) is 12.7 Å². The molecule has 0 fully saturated rings. The van der Waals surface area contributed by atoms with Crippen molar-refractivity contribution in [2.24, 2.45) is 0 Å². The van der Waals surface area contributed by atoms with E-state index in [2.05, 4.69) is 24.4 Å². The SMILES string of the molecule is CNCc1cc(C)ccc1OCCOC(C)C. The Kier molecular flexibility index (Phi) is 6.01. The molecule has 1 rings (SSSR count). The molecule has 0 aliphatic carbocycles. The van der Waals surface area contributed by atoms with E-state index in [9.17, 15) is 0 Å². The van der Waals surface area contributed by atoms with Gasteiger partial charge in [-0.25, -0.2) is 0 Å². The smallest absolute Gasteiger partial charge is 0.123 e. The molecule has 0 aliphatic heterocycles. The van der Waals surface area contributed by atoms with E-state index in [1.807, 2.05) is 27.0 Å². The monoisotopic (exact) mass is 237 g/mol. The third-order valence-corrected chi connectivity index (χ3v) is 2.38. The Balaban J connectivity index is 2.51. The molecule has 0 heterocycles. The van der Waals surface area contributed by atoms with Gasteiger partial charge in [-0.3, -0.25) is 0 Å². The highest BCUT2D eigenvalue weighted by molar-refractivity contribution is 5.36. The molecule has 0 aliphatic rings. The van der Waals surface area contributed by atoms with Gasteiger partial charge in [-0.2, -0.15) is 0 Å². The van der Waals surface area contributed by atoms with Crippen LogP contribution in [0.3, 0.4) is 0 Å². The van der Waals surface area contributed by atoms with Crippen molar-refractivity contribution >= 4 is 0 Å². The van der Waals surface area contributed by atoms with E-state index in [1.165, 1.54) is 11.1 Å². The van der Waals surface area contributed by atoms with Gasteiger partial charge in [0.2, 0.25) is 0 Å². The van der Waals surface area contributed by atoms with Gasteiger partial charge in [-0.1, -0.05) is 17.7 Å². The molecule has 0 spiro atoms. The maximum absolute atomic E-state index is 5.73. The number of hydrogen-bond acceptors (Lipinski definition) is 3. The molecule has 0 bridgehead atoms. The first-order chi connectivity index (χ1) is 8.13. The summed E-state index contributed by atoms with van der Waals surface area (Å²) in [5.74, 6) is 0.942. The van der Waals surface area contributed by atoms with Crippen LogP contribution in [0.2, 0.25) is 0 Å². The van der Waals surface area contributed by atoms with Crippen LogP contribution in [0.1, 0.15) is 25.0 Å². The first kappa shape index (κ1) is 14.0. The van der Waals surface area contributed by atoms with Crippen LogP contribution in [0.15, 0.2) is 18.2 Å². The predicted octanol–water partition coefficient (Wildman–Crippen LogP) is 2.52. The van der Waals surface area contributed by atoms with E-state index < -0.39 is 0 Å². The summed E-state index contributed by atoms with van der Waals surface area (Å²) in [7, 11) is 1.94. The van der Waals surface area contributed by atoms with Crippen LogP contribution in [0.25, 0.3) is 0 Å². The van der Waals surface area contributed by atoms with Crippen molar-refractivity contribution in [2.45, 2.75) is 33.4 Å². The normalized spacial score (nSPS) is 10.9. The highest BCUT2D eigenvalue weighted by Crippen LogP contribution is 2.19. The summed E-state index contributed by atoms with van der Waals surface area (Å²) in [6, 6.07) is 6.24. The zero-order valence-corrected chi connectivity index (χ0v) is 11.2. The summed E-state index contributed by atoms with van der Waals surface area (Å²) in [4.78, 5) is 0. The molecule has 0 aromatic heterocycles. The number of ether oxygens (including phenoxy) is 2. The topological polar surface area (TPSA) is 30.5 Å². The lowest BCUT2D eigenvalue weighted by molar-refractivity contribution is 0.0550. The first-order valence-electron chi connectivity index (χ1n) is 6.12. The first-order valence-corrected chi connectivity index (χ1v) is 6.12. The molecule has 96 valence electrons. The number of benzene rings is 1. The van der Waals surface area contributed by atoms with Gasteiger partial charge in [0, 0.05) is 12.1 Å². The zero-order valence-electron chi connectivity index (χ0n) is 11.2. The van der Waals surface area contributed by atoms with E-state index in [-0.39, 0.29) is 6.10 Å². The fourth-order valence-electron chi connectivity index (χ4n) is 1.61. The fourth-order valence-corrected chi connectivity index (χ4v) is 1.61. The highest BCUT2D eigenvalue weighted by Gasteiger charge is 2.03. The molecule has 1 aromatic rings. The lowest BCUT2D eigenvalue weighted by Gasteiger charge is -2.13. The van der Waals surface area contributed by atoms with Crippen molar-refractivity contribution in [1.82, 2.24) is 5.32 Å². The van der Waals surface area contributed by atoms with Crippen molar-refractivity contribution in [3.8, 4) is 5.75 Å². The van der Waals surface area contributed by atoms with Gasteiger partial charge in [-0.15, -0.1) is 0 Å². The summed E-state index contributed by atoms with van der Waals surface area (Å²) < 4.78 is 11.2. The standard InChI is InChI=1S/C14H23NO2/c1-11(2)16-7-8-17-14-6-5-12(3)9-13(14)10-15-4/h5-6,9,11,15H,7-8,10H2,1-4H3. The van der Waals surface area contributed by atoms with Crippen LogP contribution in [-0.2, 0) is 11.3 Å². The predicted molar refractivity (Wildman–Crippen MR) is 70.5 cm³/mol. The lowest BCUT2D eigenvalue weighted by Crippen LogP contribution is -2.13. The molecule has 1 aromatic carbocycles. The molecule has 3 heteroatoms. The van der Waals surface area contributed by atoms with Crippen LogP contribution in [0.5, 0.6) is 5.75 Å². The van der Waals surface area contributed by atoms with Crippen LogP contribution < -0.4 is 10.1 Å². The van der Waals surface area contributed by atoms with Gasteiger partial charge in [0.1, 0.15) is 12.4 Å². The summed E-state index contributed by atoms with van der Waals surface area (Å²) in [6.45, 7) is 8.19. The Morgan fingerprint density at radius 2 is 2.00 bits per heavy atom. The summed E-state index contributed by atoms with van der Waals surface area (Å²) in [5.41, 5.74) is 2.44. The Bertz CT molecular complexity index is 337. The van der Waals surface area contributed by atoms with E-state index >= 15 is 0 Å². The summed E-state index contributed by atoms with van der Waals surface area (Å²) in [5, 5.41) is 3.15. The van der Waals surface area contributed by atoms with Gasteiger partial charge < -0.3 is 14.8 Å². The number of aryl methyl sites for hydroxylation is 1. The lowest BCUT2D eigenvalue weighted by atomic mass is 10.1.